The highest BCUT2D eigenvalue weighted by Crippen LogP contribution is 2.32. The first kappa shape index (κ1) is 11.1. The Balaban J connectivity index is 2.04. The van der Waals surface area contributed by atoms with Crippen LogP contribution in [0.4, 0.5) is 4.39 Å². The Labute approximate surface area is 106 Å². The first-order valence-corrected chi connectivity index (χ1v) is 6.22. The van der Waals surface area contributed by atoms with Gasteiger partial charge < -0.3 is 0 Å². The van der Waals surface area contributed by atoms with Crippen LogP contribution in [-0.4, -0.2) is 4.98 Å². The van der Waals surface area contributed by atoms with Gasteiger partial charge in [0.05, 0.1) is 0 Å². The van der Waals surface area contributed by atoms with Gasteiger partial charge in [-0.3, -0.25) is 4.98 Å². The smallest absolute Gasteiger partial charge is 0.123 e. The van der Waals surface area contributed by atoms with Gasteiger partial charge in [-0.25, -0.2) is 4.39 Å². The monoisotopic (exact) mass is 239 g/mol. The molecule has 0 aliphatic heterocycles. The zero-order chi connectivity index (χ0) is 12.4. The van der Waals surface area contributed by atoms with Crippen LogP contribution < -0.4 is 0 Å². The van der Waals surface area contributed by atoms with E-state index in [1.165, 1.54) is 11.1 Å². The van der Waals surface area contributed by atoms with Crippen molar-refractivity contribution in [3.63, 3.8) is 0 Å². The molecule has 0 radical (unpaired) electrons. The van der Waals surface area contributed by atoms with Crippen LogP contribution in [0.2, 0.25) is 0 Å². The maximum atomic E-state index is 13.2. The van der Waals surface area contributed by atoms with Gasteiger partial charge in [-0.1, -0.05) is 12.1 Å². The fourth-order valence-electron chi connectivity index (χ4n) is 2.50. The summed E-state index contributed by atoms with van der Waals surface area (Å²) in [5.41, 5.74) is 4.69. The molecule has 0 bridgehead atoms. The van der Waals surface area contributed by atoms with Crippen molar-refractivity contribution in [1.29, 1.82) is 0 Å². The predicted octanol–water partition coefficient (Wildman–Crippen LogP) is 4.10. The second-order valence-electron chi connectivity index (χ2n) is 4.61. The Hall–Kier alpha value is -1.96. The molecule has 1 aromatic carbocycles. The molecule has 1 aliphatic rings. The minimum atomic E-state index is -0.142. The SMILES string of the molecule is Fc1ccc2c(c1)CCC/C2=C\c1cccnc1. The molecule has 0 unspecified atom stereocenters. The summed E-state index contributed by atoms with van der Waals surface area (Å²) < 4.78 is 13.2. The van der Waals surface area contributed by atoms with Crippen LogP contribution in [0.3, 0.4) is 0 Å². The summed E-state index contributed by atoms with van der Waals surface area (Å²) in [5, 5.41) is 0. The first-order valence-electron chi connectivity index (χ1n) is 6.22. The molecule has 0 atom stereocenters. The summed E-state index contributed by atoms with van der Waals surface area (Å²) in [4.78, 5) is 4.12. The molecule has 0 spiro atoms. The summed E-state index contributed by atoms with van der Waals surface area (Å²) in [5.74, 6) is -0.142. The number of hydrogen-bond donors (Lipinski definition) is 0. The van der Waals surface area contributed by atoms with Crippen LogP contribution in [0.15, 0.2) is 42.7 Å². The standard InChI is InChI=1S/C16H14FN/c17-15-6-7-16-13(4-1-5-14(16)10-15)9-12-3-2-8-18-11-12/h2-3,6-11H,1,4-5H2/b13-9+. The van der Waals surface area contributed by atoms with Crippen molar-refractivity contribution < 1.29 is 4.39 Å². The molecule has 2 heteroatoms. The highest BCUT2D eigenvalue weighted by Gasteiger charge is 2.14. The van der Waals surface area contributed by atoms with Gasteiger partial charge in [-0.15, -0.1) is 0 Å². The fraction of sp³-hybridized carbons (Fsp3) is 0.188. The summed E-state index contributed by atoms with van der Waals surface area (Å²) in [6.45, 7) is 0. The maximum absolute atomic E-state index is 13.2. The largest absolute Gasteiger partial charge is 0.264 e. The Morgan fingerprint density at radius 2 is 2.11 bits per heavy atom. The van der Waals surface area contributed by atoms with Crippen LogP contribution in [-0.2, 0) is 6.42 Å². The van der Waals surface area contributed by atoms with Crippen molar-refractivity contribution in [1.82, 2.24) is 4.98 Å². The number of rotatable bonds is 1. The minimum absolute atomic E-state index is 0.142. The van der Waals surface area contributed by atoms with Gasteiger partial charge in [0.1, 0.15) is 5.82 Å². The molecule has 1 nitrogen and oxygen atoms in total. The van der Waals surface area contributed by atoms with Crippen molar-refractivity contribution in [3.05, 3.63) is 65.2 Å². The molecule has 1 heterocycles. The van der Waals surface area contributed by atoms with Gasteiger partial charge >= 0.3 is 0 Å². The lowest BCUT2D eigenvalue weighted by atomic mass is 9.86. The van der Waals surface area contributed by atoms with Gasteiger partial charge in [0.25, 0.3) is 0 Å². The number of fused-ring (bicyclic) bond motifs is 1. The van der Waals surface area contributed by atoms with Crippen molar-refractivity contribution in [2.24, 2.45) is 0 Å². The van der Waals surface area contributed by atoms with Crippen molar-refractivity contribution in [3.8, 4) is 0 Å². The molecule has 90 valence electrons. The lowest BCUT2D eigenvalue weighted by molar-refractivity contribution is 0.623. The first-order chi connectivity index (χ1) is 8.83. The molecule has 1 aliphatic carbocycles. The molecule has 3 rings (SSSR count). The molecular weight excluding hydrogens is 225 g/mol. The molecule has 1 aromatic heterocycles. The Morgan fingerprint density at radius 1 is 1.17 bits per heavy atom. The van der Waals surface area contributed by atoms with Crippen LogP contribution in [0, 0.1) is 5.82 Å². The molecule has 0 saturated heterocycles. The molecule has 0 N–H and O–H groups in total. The topological polar surface area (TPSA) is 12.9 Å². The Kier molecular flexibility index (Phi) is 2.93. The summed E-state index contributed by atoms with van der Waals surface area (Å²) in [6.07, 6.45) is 8.88. The van der Waals surface area contributed by atoms with Gasteiger partial charge in [0, 0.05) is 12.4 Å². The number of aromatic nitrogens is 1. The van der Waals surface area contributed by atoms with Crippen LogP contribution in [0.1, 0.15) is 29.5 Å². The summed E-state index contributed by atoms with van der Waals surface area (Å²) in [7, 11) is 0. The van der Waals surface area contributed by atoms with Crippen molar-refractivity contribution in [2.75, 3.05) is 0 Å². The van der Waals surface area contributed by atoms with Gasteiger partial charge in [-0.05, 0) is 65.8 Å². The zero-order valence-electron chi connectivity index (χ0n) is 10.1. The van der Waals surface area contributed by atoms with E-state index in [1.54, 1.807) is 18.3 Å². The lowest BCUT2D eigenvalue weighted by Gasteiger charge is -2.19. The van der Waals surface area contributed by atoms with Crippen LogP contribution >= 0.6 is 0 Å². The minimum Gasteiger partial charge on any atom is -0.264 e. The molecular formula is C16H14FN. The van der Waals surface area contributed by atoms with E-state index in [-0.39, 0.29) is 5.82 Å². The quantitative estimate of drug-likeness (QED) is 0.730. The fourth-order valence-corrected chi connectivity index (χ4v) is 2.50. The number of hydrogen-bond acceptors (Lipinski definition) is 1. The molecule has 0 saturated carbocycles. The average molecular weight is 239 g/mol. The average Bonchev–Trinajstić information content (AvgIpc) is 2.40. The number of benzene rings is 1. The molecule has 0 fully saturated rings. The zero-order valence-corrected chi connectivity index (χ0v) is 10.1. The third kappa shape index (κ3) is 2.19. The van der Waals surface area contributed by atoms with Gasteiger partial charge in [0.2, 0.25) is 0 Å². The lowest BCUT2D eigenvalue weighted by Crippen LogP contribution is -2.02. The van der Waals surface area contributed by atoms with E-state index in [0.717, 1.165) is 30.4 Å². The predicted molar refractivity (Wildman–Crippen MR) is 71.4 cm³/mol. The summed E-state index contributed by atoms with van der Waals surface area (Å²) in [6, 6.07) is 9.07. The highest BCUT2D eigenvalue weighted by molar-refractivity contribution is 5.83. The highest BCUT2D eigenvalue weighted by atomic mass is 19.1. The third-order valence-electron chi connectivity index (χ3n) is 3.33. The second-order valence-corrected chi connectivity index (χ2v) is 4.61. The molecule has 18 heavy (non-hydrogen) atoms. The van der Waals surface area contributed by atoms with Crippen LogP contribution in [0.5, 0.6) is 0 Å². The van der Waals surface area contributed by atoms with Gasteiger partial charge in [-0.2, -0.15) is 0 Å². The Bertz CT molecular complexity index is 587. The third-order valence-corrected chi connectivity index (χ3v) is 3.33. The van der Waals surface area contributed by atoms with Crippen LogP contribution in [0.25, 0.3) is 11.6 Å². The molecule has 0 amide bonds. The van der Waals surface area contributed by atoms with Gasteiger partial charge in [0.15, 0.2) is 0 Å². The number of allylic oxidation sites excluding steroid dienone is 1. The van der Waals surface area contributed by atoms with E-state index in [4.69, 9.17) is 0 Å². The number of aryl methyl sites for hydroxylation is 1. The maximum Gasteiger partial charge on any atom is 0.123 e. The normalized spacial score (nSPS) is 16.6. The van der Waals surface area contributed by atoms with Crippen molar-refractivity contribution in [2.45, 2.75) is 19.3 Å². The van der Waals surface area contributed by atoms with E-state index in [0.29, 0.717) is 0 Å². The van der Waals surface area contributed by atoms with E-state index < -0.39 is 0 Å². The van der Waals surface area contributed by atoms with E-state index in [9.17, 15) is 4.39 Å². The number of pyridine rings is 1. The Morgan fingerprint density at radius 3 is 2.94 bits per heavy atom. The van der Waals surface area contributed by atoms with E-state index >= 15 is 0 Å². The second kappa shape index (κ2) is 4.73. The molecule has 2 aromatic rings. The number of nitrogens with zero attached hydrogens (tertiary/aromatic N) is 1. The summed E-state index contributed by atoms with van der Waals surface area (Å²) >= 11 is 0. The van der Waals surface area contributed by atoms with E-state index in [1.807, 2.05) is 24.4 Å². The van der Waals surface area contributed by atoms with E-state index in [2.05, 4.69) is 11.1 Å². The number of halogens is 1. The van der Waals surface area contributed by atoms with Crippen molar-refractivity contribution >= 4 is 11.6 Å².